The number of H-pyrrole nitrogens is 1. The highest BCUT2D eigenvalue weighted by atomic mass is 16.2. The van der Waals surface area contributed by atoms with Crippen molar-refractivity contribution in [3.05, 3.63) is 33.3 Å². The number of carbonyl (C=O) groups is 1. The van der Waals surface area contributed by atoms with Gasteiger partial charge in [-0.25, -0.2) is 9.48 Å². The highest BCUT2D eigenvalue weighted by Gasteiger charge is 2.30. The molecule has 4 rings (SSSR count). The standard InChI is InChI=1S/C18H26N6O2/c1-22(11-15-13-6-4-3-5-7-14(13)19-20-15)17(25)12-8-9-16-21-23(2)18(26)24(16)10-12/h12H,3-11H2,1-2H3,(H,19,20)/t12-/m1/s1. The number of nitrogens with zero attached hydrogens (tertiary/aromatic N) is 5. The van der Waals surface area contributed by atoms with Crippen molar-refractivity contribution < 1.29 is 4.79 Å². The molecule has 1 aliphatic carbocycles. The maximum absolute atomic E-state index is 12.9. The zero-order valence-corrected chi connectivity index (χ0v) is 15.5. The molecule has 0 saturated carbocycles. The number of hydrogen-bond donors (Lipinski definition) is 1. The van der Waals surface area contributed by atoms with Crippen LogP contribution in [0.1, 0.15) is 48.5 Å². The van der Waals surface area contributed by atoms with Gasteiger partial charge in [-0.05, 0) is 37.7 Å². The minimum Gasteiger partial charge on any atom is -0.339 e. The van der Waals surface area contributed by atoms with E-state index in [4.69, 9.17) is 0 Å². The Hall–Kier alpha value is -2.38. The molecule has 140 valence electrons. The Bertz CT molecular complexity index is 877. The summed E-state index contributed by atoms with van der Waals surface area (Å²) < 4.78 is 2.99. The fraction of sp³-hybridized carbons (Fsp3) is 0.667. The summed E-state index contributed by atoms with van der Waals surface area (Å²) in [6.07, 6.45) is 7.13. The maximum atomic E-state index is 12.9. The molecule has 2 aromatic rings. The lowest BCUT2D eigenvalue weighted by Gasteiger charge is -2.26. The van der Waals surface area contributed by atoms with Gasteiger partial charge in [-0.1, -0.05) is 6.42 Å². The molecule has 0 bridgehead atoms. The van der Waals surface area contributed by atoms with Crippen molar-refractivity contribution in [2.24, 2.45) is 13.0 Å². The Kier molecular flexibility index (Phi) is 4.42. The largest absolute Gasteiger partial charge is 0.345 e. The van der Waals surface area contributed by atoms with Crippen molar-refractivity contribution in [3.8, 4) is 0 Å². The van der Waals surface area contributed by atoms with Crippen molar-refractivity contribution in [1.82, 2.24) is 29.4 Å². The summed E-state index contributed by atoms with van der Waals surface area (Å²) in [7, 11) is 3.49. The number of fused-ring (bicyclic) bond motifs is 2. The van der Waals surface area contributed by atoms with Crippen LogP contribution in [0.4, 0.5) is 0 Å². The molecule has 0 unspecified atom stereocenters. The van der Waals surface area contributed by atoms with Gasteiger partial charge in [-0.3, -0.25) is 14.5 Å². The molecule has 1 N–H and O–H groups in total. The van der Waals surface area contributed by atoms with Crippen LogP contribution in [0.2, 0.25) is 0 Å². The number of aryl methyl sites for hydroxylation is 3. The maximum Gasteiger partial charge on any atom is 0.345 e. The number of carbonyl (C=O) groups excluding carboxylic acids is 1. The average molecular weight is 358 g/mol. The Labute approximate surface area is 152 Å². The average Bonchev–Trinajstić information content (AvgIpc) is 3.04. The third kappa shape index (κ3) is 2.97. The highest BCUT2D eigenvalue weighted by Crippen LogP contribution is 2.24. The topological polar surface area (TPSA) is 88.8 Å². The molecule has 8 heteroatoms. The minimum absolute atomic E-state index is 0.0803. The predicted octanol–water partition coefficient (Wildman–Crippen LogP) is 0.795. The Morgan fingerprint density at radius 3 is 2.92 bits per heavy atom. The molecular weight excluding hydrogens is 332 g/mol. The van der Waals surface area contributed by atoms with Crippen LogP contribution in [0.25, 0.3) is 0 Å². The van der Waals surface area contributed by atoms with Crippen LogP contribution in [0.3, 0.4) is 0 Å². The fourth-order valence-electron chi connectivity index (χ4n) is 4.21. The van der Waals surface area contributed by atoms with Gasteiger partial charge in [0.15, 0.2) is 0 Å². The Balaban J connectivity index is 1.46. The van der Waals surface area contributed by atoms with Gasteiger partial charge in [0.1, 0.15) is 5.82 Å². The quantitative estimate of drug-likeness (QED) is 0.822. The first-order chi connectivity index (χ1) is 12.5. The lowest BCUT2D eigenvalue weighted by Crippen LogP contribution is -2.39. The van der Waals surface area contributed by atoms with Crippen LogP contribution in [0.15, 0.2) is 4.79 Å². The lowest BCUT2D eigenvalue weighted by molar-refractivity contribution is -0.135. The van der Waals surface area contributed by atoms with Crippen LogP contribution < -0.4 is 5.69 Å². The van der Waals surface area contributed by atoms with Crippen molar-refractivity contribution in [3.63, 3.8) is 0 Å². The van der Waals surface area contributed by atoms with Crippen molar-refractivity contribution in [2.75, 3.05) is 7.05 Å². The molecule has 1 amide bonds. The van der Waals surface area contributed by atoms with Crippen LogP contribution in [0, 0.1) is 5.92 Å². The summed E-state index contributed by atoms with van der Waals surface area (Å²) in [5, 5.41) is 11.9. The van der Waals surface area contributed by atoms with E-state index in [1.165, 1.54) is 35.2 Å². The molecule has 8 nitrogen and oxygen atoms in total. The van der Waals surface area contributed by atoms with E-state index in [9.17, 15) is 9.59 Å². The molecule has 1 aliphatic heterocycles. The van der Waals surface area contributed by atoms with E-state index in [0.717, 1.165) is 30.8 Å². The monoisotopic (exact) mass is 358 g/mol. The summed E-state index contributed by atoms with van der Waals surface area (Å²) in [4.78, 5) is 26.8. The number of hydrogen-bond acceptors (Lipinski definition) is 4. The van der Waals surface area contributed by atoms with Gasteiger partial charge >= 0.3 is 5.69 Å². The SMILES string of the molecule is CN(Cc1n[nH]c2c1CCCCC2)C(=O)[C@@H]1CCc2nn(C)c(=O)n2C1. The molecule has 26 heavy (non-hydrogen) atoms. The van der Waals surface area contributed by atoms with E-state index in [0.29, 0.717) is 19.5 Å². The van der Waals surface area contributed by atoms with Crippen LogP contribution in [-0.4, -0.2) is 42.4 Å². The number of nitrogens with one attached hydrogen (secondary N) is 1. The van der Waals surface area contributed by atoms with Gasteiger partial charge in [0.25, 0.3) is 0 Å². The van der Waals surface area contributed by atoms with Crippen molar-refractivity contribution in [1.29, 1.82) is 0 Å². The molecule has 0 fully saturated rings. The highest BCUT2D eigenvalue weighted by molar-refractivity contribution is 5.78. The summed E-state index contributed by atoms with van der Waals surface area (Å²) in [6, 6.07) is 0. The zero-order valence-electron chi connectivity index (χ0n) is 15.5. The second-order valence-corrected chi connectivity index (χ2v) is 7.55. The van der Waals surface area contributed by atoms with E-state index >= 15 is 0 Å². The van der Waals surface area contributed by atoms with Gasteiger partial charge in [-0.15, -0.1) is 0 Å². The zero-order chi connectivity index (χ0) is 18.3. The summed E-state index contributed by atoms with van der Waals surface area (Å²) >= 11 is 0. The smallest absolute Gasteiger partial charge is 0.339 e. The molecule has 0 radical (unpaired) electrons. The van der Waals surface area contributed by atoms with E-state index in [1.807, 2.05) is 7.05 Å². The lowest BCUT2D eigenvalue weighted by atomic mass is 9.97. The first kappa shape index (κ1) is 17.1. The summed E-state index contributed by atoms with van der Waals surface area (Å²) in [5.41, 5.74) is 3.39. The second-order valence-electron chi connectivity index (χ2n) is 7.55. The van der Waals surface area contributed by atoms with Crippen LogP contribution in [0.5, 0.6) is 0 Å². The third-order valence-electron chi connectivity index (χ3n) is 5.71. The molecule has 0 spiro atoms. The van der Waals surface area contributed by atoms with Crippen LogP contribution >= 0.6 is 0 Å². The van der Waals surface area contributed by atoms with E-state index < -0.39 is 0 Å². The van der Waals surface area contributed by atoms with Gasteiger partial charge in [-0.2, -0.15) is 10.2 Å². The number of amides is 1. The summed E-state index contributed by atoms with van der Waals surface area (Å²) in [6.45, 7) is 0.944. The molecule has 3 heterocycles. The minimum atomic E-state index is -0.174. The van der Waals surface area contributed by atoms with E-state index in [2.05, 4.69) is 15.3 Å². The number of aromatic amines is 1. The van der Waals surface area contributed by atoms with Gasteiger partial charge in [0.05, 0.1) is 18.2 Å². The fourth-order valence-corrected chi connectivity index (χ4v) is 4.21. The molecule has 2 aliphatic rings. The van der Waals surface area contributed by atoms with Gasteiger partial charge < -0.3 is 4.90 Å². The number of rotatable bonds is 3. The molecule has 0 aromatic carbocycles. The predicted molar refractivity (Wildman–Crippen MR) is 95.6 cm³/mol. The van der Waals surface area contributed by atoms with Gasteiger partial charge in [0.2, 0.25) is 5.91 Å². The molecule has 2 aromatic heterocycles. The van der Waals surface area contributed by atoms with Crippen molar-refractivity contribution >= 4 is 5.91 Å². The summed E-state index contributed by atoms with van der Waals surface area (Å²) in [5.74, 6) is 0.686. The Morgan fingerprint density at radius 1 is 1.27 bits per heavy atom. The Morgan fingerprint density at radius 2 is 2.08 bits per heavy atom. The van der Waals surface area contributed by atoms with Gasteiger partial charge in [0, 0.05) is 32.8 Å². The number of aromatic nitrogens is 5. The van der Waals surface area contributed by atoms with E-state index in [-0.39, 0.29) is 17.5 Å². The second kappa shape index (κ2) is 6.74. The molecular formula is C18H26N6O2. The van der Waals surface area contributed by atoms with E-state index in [1.54, 1.807) is 16.5 Å². The van der Waals surface area contributed by atoms with Crippen LogP contribution in [-0.2, 0) is 44.2 Å². The normalized spacial score (nSPS) is 19.5. The first-order valence-corrected chi connectivity index (χ1v) is 9.47. The van der Waals surface area contributed by atoms with Crippen molar-refractivity contribution in [2.45, 2.75) is 58.0 Å². The first-order valence-electron chi connectivity index (χ1n) is 9.47. The third-order valence-corrected chi connectivity index (χ3v) is 5.71. The molecule has 1 atom stereocenters. The molecule has 0 saturated heterocycles.